The molecule has 35 heavy (non-hydrogen) atoms. The molecule has 2 saturated heterocycles. The molecule has 2 heterocycles. The highest BCUT2D eigenvalue weighted by atomic mass is 79.9. The van der Waals surface area contributed by atoms with Gasteiger partial charge in [-0.1, -0.05) is 28.1 Å². The molecule has 0 bridgehead atoms. The number of ketones is 1. The van der Waals surface area contributed by atoms with E-state index in [0.29, 0.717) is 31.9 Å². The molecular weight excluding hydrogens is 512 g/mol. The Kier molecular flexibility index (Phi) is 8.26. The molecule has 1 atom stereocenters. The van der Waals surface area contributed by atoms with Gasteiger partial charge in [0.05, 0.1) is 31.4 Å². The van der Waals surface area contributed by atoms with Crippen LogP contribution in [0, 0.1) is 6.92 Å². The van der Waals surface area contributed by atoms with Gasteiger partial charge in [0.15, 0.2) is 0 Å². The number of hydrogen-bond acceptors (Lipinski definition) is 6. The van der Waals surface area contributed by atoms with E-state index < -0.39 is 17.7 Å². The molecule has 1 N–H and O–H groups in total. The van der Waals surface area contributed by atoms with Crippen LogP contribution >= 0.6 is 15.9 Å². The molecule has 1 amide bonds. The molecule has 0 unspecified atom stereocenters. The van der Waals surface area contributed by atoms with Crippen molar-refractivity contribution in [3.63, 3.8) is 0 Å². The number of rotatable bonds is 8. The number of aliphatic hydroxyl groups excluding tert-OH is 1. The largest absolute Gasteiger partial charge is 0.507 e. The molecule has 0 aromatic heterocycles. The van der Waals surface area contributed by atoms with Crippen LogP contribution in [0.3, 0.4) is 0 Å². The number of carbonyl (C=O) groups is 2. The van der Waals surface area contributed by atoms with Gasteiger partial charge in [0.25, 0.3) is 11.7 Å². The van der Waals surface area contributed by atoms with Crippen LogP contribution in [0.15, 0.2) is 52.5 Å². The number of hydrogen-bond donors (Lipinski definition) is 1. The third kappa shape index (κ3) is 5.60. The lowest BCUT2D eigenvalue weighted by Crippen LogP contribution is -2.38. The van der Waals surface area contributed by atoms with Crippen molar-refractivity contribution in [1.29, 1.82) is 0 Å². The Morgan fingerprint density at radius 1 is 1.11 bits per heavy atom. The van der Waals surface area contributed by atoms with E-state index in [1.165, 1.54) is 0 Å². The summed E-state index contributed by atoms with van der Waals surface area (Å²) in [6.07, 6.45) is 0.724. The molecule has 2 aliphatic rings. The highest BCUT2D eigenvalue weighted by Gasteiger charge is 2.45. The topological polar surface area (TPSA) is 79.3 Å². The van der Waals surface area contributed by atoms with E-state index in [1.807, 2.05) is 38.1 Å². The number of nitrogens with zero attached hydrogens (tertiary/aromatic N) is 2. The second-order valence-electron chi connectivity index (χ2n) is 8.76. The lowest BCUT2D eigenvalue weighted by Gasteiger charge is -2.29. The van der Waals surface area contributed by atoms with Crippen molar-refractivity contribution in [1.82, 2.24) is 9.80 Å². The van der Waals surface area contributed by atoms with Gasteiger partial charge < -0.3 is 19.5 Å². The Labute approximate surface area is 214 Å². The third-order valence-electron chi connectivity index (χ3n) is 6.45. The number of likely N-dealkylation sites (tertiary alicyclic amines) is 1. The molecule has 2 fully saturated rings. The van der Waals surface area contributed by atoms with E-state index in [-0.39, 0.29) is 11.3 Å². The monoisotopic (exact) mass is 542 g/mol. The Morgan fingerprint density at radius 3 is 2.49 bits per heavy atom. The molecule has 0 spiro atoms. The molecule has 2 aromatic carbocycles. The first-order valence-corrected chi connectivity index (χ1v) is 12.8. The average molecular weight is 543 g/mol. The van der Waals surface area contributed by atoms with Gasteiger partial charge in [-0.05, 0) is 61.7 Å². The number of benzene rings is 2. The van der Waals surface area contributed by atoms with Gasteiger partial charge in [-0.15, -0.1) is 0 Å². The highest BCUT2D eigenvalue weighted by molar-refractivity contribution is 9.10. The quantitative estimate of drug-likeness (QED) is 0.304. The van der Waals surface area contributed by atoms with E-state index in [2.05, 4.69) is 20.8 Å². The Morgan fingerprint density at radius 2 is 1.83 bits per heavy atom. The van der Waals surface area contributed by atoms with Crippen LogP contribution in [0.4, 0.5) is 0 Å². The van der Waals surface area contributed by atoms with Crippen molar-refractivity contribution in [3.8, 4) is 5.75 Å². The number of morpholine rings is 1. The van der Waals surface area contributed by atoms with E-state index in [1.54, 1.807) is 23.1 Å². The summed E-state index contributed by atoms with van der Waals surface area (Å²) >= 11 is 3.45. The number of aryl methyl sites for hydroxylation is 1. The van der Waals surface area contributed by atoms with Gasteiger partial charge in [0, 0.05) is 36.2 Å². The van der Waals surface area contributed by atoms with Gasteiger partial charge >= 0.3 is 0 Å². The lowest BCUT2D eigenvalue weighted by atomic mass is 9.94. The predicted molar refractivity (Wildman–Crippen MR) is 137 cm³/mol. The number of aliphatic hydroxyl groups is 1. The summed E-state index contributed by atoms with van der Waals surface area (Å²) < 4.78 is 11.9. The van der Waals surface area contributed by atoms with Gasteiger partial charge in [0.1, 0.15) is 11.5 Å². The van der Waals surface area contributed by atoms with Crippen LogP contribution in [0.5, 0.6) is 5.75 Å². The average Bonchev–Trinajstić information content (AvgIpc) is 3.11. The summed E-state index contributed by atoms with van der Waals surface area (Å²) in [6.45, 7) is 8.72. The zero-order chi connectivity index (χ0) is 24.9. The standard InChI is InChI=1S/C27H31BrN2O5/c1-3-35-22-10-7-20(17-18(22)2)25(31)23-24(19-5-8-21(28)9-6-19)30(27(33)26(23)32)12-4-11-29-13-15-34-16-14-29/h5-10,17,24,31H,3-4,11-16H2,1-2H3/t24-/m0/s1. The zero-order valence-electron chi connectivity index (χ0n) is 20.1. The minimum Gasteiger partial charge on any atom is -0.507 e. The molecule has 0 aliphatic carbocycles. The minimum atomic E-state index is -0.659. The van der Waals surface area contributed by atoms with Crippen molar-refractivity contribution in [2.24, 2.45) is 0 Å². The van der Waals surface area contributed by atoms with E-state index in [9.17, 15) is 14.7 Å². The molecule has 8 heteroatoms. The molecule has 2 aromatic rings. The SMILES string of the molecule is CCOc1ccc(C(O)=C2C(=O)C(=O)N(CCCN3CCOCC3)[C@H]2c2ccc(Br)cc2)cc1C. The fourth-order valence-electron chi connectivity index (χ4n) is 4.66. The number of Topliss-reactive ketones (excluding diaryl/α,β-unsaturated/α-hetero) is 1. The normalized spacial score (nSPS) is 20.4. The fourth-order valence-corrected chi connectivity index (χ4v) is 4.93. The smallest absolute Gasteiger partial charge is 0.295 e. The molecule has 2 aliphatic heterocycles. The van der Waals surface area contributed by atoms with Crippen LogP contribution in [-0.4, -0.2) is 72.6 Å². The maximum Gasteiger partial charge on any atom is 0.295 e. The first-order valence-electron chi connectivity index (χ1n) is 12.0. The molecule has 0 radical (unpaired) electrons. The molecule has 0 saturated carbocycles. The van der Waals surface area contributed by atoms with E-state index in [0.717, 1.165) is 47.4 Å². The molecule has 4 rings (SSSR count). The van der Waals surface area contributed by atoms with Crippen LogP contribution in [0.25, 0.3) is 5.76 Å². The van der Waals surface area contributed by atoms with Crippen molar-refractivity contribution in [2.75, 3.05) is 46.0 Å². The summed E-state index contributed by atoms with van der Waals surface area (Å²) in [5, 5.41) is 11.3. The van der Waals surface area contributed by atoms with Crippen LogP contribution in [0.2, 0.25) is 0 Å². The second-order valence-corrected chi connectivity index (χ2v) is 9.68. The molecule has 186 valence electrons. The zero-order valence-corrected chi connectivity index (χ0v) is 21.7. The minimum absolute atomic E-state index is 0.118. The first kappa shape index (κ1) is 25.4. The lowest BCUT2D eigenvalue weighted by molar-refractivity contribution is -0.140. The van der Waals surface area contributed by atoms with Gasteiger partial charge in [-0.25, -0.2) is 0 Å². The number of halogens is 1. The fraction of sp³-hybridized carbons (Fsp3) is 0.407. The number of amides is 1. The Hall–Kier alpha value is -2.68. The predicted octanol–water partition coefficient (Wildman–Crippen LogP) is 4.30. The first-order chi connectivity index (χ1) is 16.9. The number of ether oxygens (including phenoxy) is 2. The van der Waals surface area contributed by atoms with Crippen molar-refractivity contribution in [3.05, 3.63) is 69.2 Å². The maximum atomic E-state index is 13.2. The van der Waals surface area contributed by atoms with Crippen LogP contribution in [0.1, 0.15) is 36.1 Å². The van der Waals surface area contributed by atoms with Crippen LogP contribution in [-0.2, 0) is 14.3 Å². The van der Waals surface area contributed by atoms with Gasteiger partial charge in [-0.2, -0.15) is 0 Å². The summed E-state index contributed by atoms with van der Waals surface area (Å²) in [6, 6.07) is 12.1. The van der Waals surface area contributed by atoms with Crippen molar-refractivity contribution < 1.29 is 24.2 Å². The highest BCUT2D eigenvalue weighted by Crippen LogP contribution is 2.40. The van der Waals surface area contributed by atoms with Crippen molar-refractivity contribution in [2.45, 2.75) is 26.3 Å². The summed E-state index contributed by atoms with van der Waals surface area (Å²) in [5.41, 5.74) is 2.23. The van der Waals surface area contributed by atoms with E-state index >= 15 is 0 Å². The van der Waals surface area contributed by atoms with Gasteiger partial charge in [0.2, 0.25) is 0 Å². The van der Waals surface area contributed by atoms with Gasteiger partial charge in [-0.3, -0.25) is 14.5 Å². The Balaban J connectivity index is 1.67. The molecule has 7 nitrogen and oxygen atoms in total. The second kappa shape index (κ2) is 11.4. The number of carbonyl (C=O) groups excluding carboxylic acids is 2. The summed E-state index contributed by atoms with van der Waals surface area (Å²) in [7, 11) is 0. The van der Waals surface area contributed by atoms with Crippen LogP contribution < -0.4 is 4.74 Å². The summed E-state index contributed by atoms with van der Waals surface area (Å²) in [4.78, 5) is 30.3. The van der Waals surface area contributed by atoms with E-state index in [4.69, 9.17) is 9.47 Å². The molecular formula is C27H31BrN2O5. The summed E-state index contributed by atoms with van der Waals surface area (Å²) in [5.74, 6) is -0.687. The van der Waals surface area contributed by atoms with Crippen molar-refractivity contribution >= 4 is 33.4 Å². The third-order valence-corrected chi connectivity index (χ3v) is 6.98. The Bertz CT molecular complexity index is 1110. The maximum absolute atomic E-state index is 13.2.